The third kappa shape index (κ3) is 1.76. The van der Waals surface area contributed by atoms with Crippen LogP contribution in [0.5, 0.6) is 0 Å². The maximum absolute atomic E-state index is 12.3. The number of carbonyl (C=O) groups is 1. The summed E-state index contributed by atoms with van der Waals surface area (Å²) in [6, 6.07) is 0. The maximum Gasteiger partial charge on any atom is 0.136 e. The van der Waals surface area contributed by atoms with Gasteiger partial charge in [-0.25, -0.2) is 0 Å². The van der Waals surface area contributed by atoms with E-state index in [1.165, 1.54) is 25.7 Å². The molecule has 3 saturated carbocycles. The topological polar surface area (TPSA) is 17.1 Å². The van der Waals surface area contributed by atoms with Crippen LogP contribution in [0.3, 0.4) is 0 Å². The summed E-state index contributed by atoms with van der Waals surface area (Å²) in [5.74, 6) is 3.40. The lowest BCUT2D eigenvalue weighted by atomic mass is 9.60. The highest BCUT2D eigenvalue weighted by Crippen LogP contribution is 2.70. The summed E-state index contributed by atoms with van der Waals surface area (Å²) in [7, 11) is 0. The smallest absolute Gasteiger partial charge is 0.136 e. The average molecular weight is 262 g/mol. The maximum atomic E-state index is 12.3. The van der Waals surface area contributed by atoms with Gasteiger partial charge in [-0.2, -0.15) is 0 Å². The van der Waals surface area contributed by atoms with E-state index >= 15 is 0 Å². The minimum absolute atomic E-state index is 0.385. The molecule has 19 heavy (non-hydrogen) atoms. The van der Waals surface area contributed by atoms with E-state index in [4.69, 9.17) is 0 Å². The van der Waals surface area contributed by atoms with Gasteiger partial charge in [-0.15, -0.1) is 0 Å². The lowest BCUT2D eigenvalue weighted by molar-refractivity contribution is -0.127. The van der Waals surface area contributed by atoms with Crippen molar-refractivity contribution in [2.24, 2.45) is 34.5 Å². The fraction of sp³-hybridized carbons (Fsp3) is 0.944. The zero-order chi connectivity index (χ0) is 13.8. The summed E-state index contributed by atoms with van der Waals surface area (Å²) in [5.41, 5.74) is 1.00. The van der Waals surface area contributed by atoms with Crippen molar-refractivity contribution in [2.45, 2.75) is 72.6 Å². The molecular formula is C18H30O. The van der Waals surface area contributed by atoms with Crippen LogP contribution in [0.1, 0.15) is 72.6 Å². The Balaban J connectivity index is 1.77. The van der Waals surface area contributed by atoms with Crippen molar-refractivity contribution in [1.82, 2.24) is 0 Å². The third-order valence-electron chi connectivity index (χ3n) is 7.73. The van der Waals surface area contributed by atoms with E-state index in [0.29, 0.717) is 28.4 Å². The van der Waals surface area contributed by atoms with Gasteiger partial charge in [0.05, 0.1) is 0 Å². The van der Waals surface area contributed by atoms with Crippen LogP contribution in [0.15, 0.2) is 0 Å². The summed E-state index contributed by atoms with van der Waals surface area (Å²) in [4.78, 5) is 12.3. The van der Waals surface area contributed by atoms with Crippen LogP contribution in [0.25, 0.3) is 0 Å². The molecule has 5 atom stereocenters. The quantitative estimate of drug-likeness (QED) is 0.695. The molecule has 0 saturated heterocycles. The van der Waals surface area contributed by atoms with Crippen LogP contribution in [0.4, 0.5) is 0 Å². The van der Waals surface area contributed by atoms with Crippen molar-refractivity contribution in [2.75, 3.05) is 0 Å². The van der Waals surface area contributed by atoms with E-state index in [0.717, 1.165) is 31.1 Å². The molecule has 0 amide bonds. The van der Waals surface area contributed by atoms with Gasteiger partial charge in [0.2, 0.25) is 0 Å². The van der Waals surface area contributed by atoms with Gasteiger partial charge in [-0.3, -0.25) is 4.79 Å². The molecule has 1 nitrogen and oxygen atoms in total. The molecule has 3 fully saturated rings. The van der Waals surface area contributed by atoms with Crippen LogP contribution in [-0.2, 0) is 4.79 Å². The van der Waals surface area contributed by atoms with E-state index in [9.17, 15) is 4.79 Å². The van der Waals surface area contributed by atoms with Crippen molar-refractivity contribution in [1.29, 1.82) is 0 Å². The number of ketones is 1. The highest BCUT2D eigenvalue weighted by molar-refractivity contribution is 5.81. The Kier molecular flexibility index (Phi) is 3.11. The van der Waals surface area contributed by atoms with Crippen molar-refractivity contribution < 1.29 is 4.79 Å². The Bertz CT molecular complexity index is 383. The van der Waals surface area contributed by atoms with E-state index in [1.807, 2.05) is 0 Å². The molecule has 3 aliphatic carbocycles. The third-order valence-corrected chi connectivity index (χ3v) is 7.73. The SMILES string of the molecule is CCC1CCC([C@@H]2C[C@H]3CC[C@]2(C)C3(C)C)CC1=O. The summed E-state index contributed by atoms with van der Waals surface area (Å²) in [5, 5.41) is 0. The molecule has 0 radical (unpaired) electrons. The van der Waals surface area contributed by atoms with E-state index in [1.54, 1.807) is 0 Å². The molecule has 0 spiro atoms. The minimum atomic E-state index is 0.385. The van der Waals surface area contributed by atoms with E-state index in [2.05, 4.69) is 27.7 Å². The largest absolute Gasteiger partial charge is 0.299 e. The average Bonchev–Trinajstić information content (AvgIpc) is 2.71. The van der Waals surface area contributed by atoms with Gasteiger partial charge in [-0.05, 0) is 67.1 Å². The van der Waals surface area contributed by atoms with Gasteiger partial charge in [-0.1, -0.05) is 27.7 Å². The molecule has 2 unspecified atom stereocenters. The summed E-state index contributed by atoms with van der Waals surface area (Å²) < 4.78 is 0. The van der Waals surface area contributed by atoms with Crippen LogP contribution in [0.2, 0.25) is 0 Å². The summed E-state index contributed by atoms with van der Waals surface area (Å²) in [6.45, 7) is 9.68. The van der Waals surface area contributed by atoms with Gasteiger partial charge in [0, 0.05) is 12.3 Å². The molecule has 108 valence electrons. The molecular weight excluding hydrogens is 232 g/mol. The predicted molar refractivity (Wildman–Crippen MR) is 78.8 cm³/mol. The van der Waals surface area contributed by atoms with Crippen LogP contribution >= 0.6 is 0 Å². The van der Waals surface area contributed by atoms with Gasteiger partial charge in [0.25, 0.3) is 0 Å². The molecule has 0 heterocycles. The molecule has 0 aliphatic heterocycles. The second-order valence-electron chi connectivity index (χ2n) is 8.33. The van der Waals surface area contributed by atoms with E-state index in [-0.39, 0.29) is 0 Å². The Morgan fingerprint density at radius 3 is 2.37 bits per heavy atom. The molecule has 1 heteroatoms. The van der Waals surface area contributed by atoms with E-state index < -0.39 is 0 Å². The normalized spacial score (nSPS) is 48.7. The fourth-order valence-corrected chi connectivity index (χ4v) is 5.86. The number of fused-ring (bicyclic) bond motifs is 2. The van der Waals surface area contributed by atoms with Gasteiger partial charge in [0.1, 0.15) is 5.78 Å². The Morgan fingerprint density at radius 2 is 1.89 bits per heavy atom. The van der Waals surface area contributed by atoms with Gasteiger partial charge in [0.15, 0.2) is 0 Å². The van der Waals surface area contributed by atoms with Crippen molar-refractivity contribution in [3.63, 3.8) is 0 Å². The molecule has 0 aromatic rings. The van der Waals surface area contributed by atoms with Gasteiger partial charge >= 0.3 is 0 Å². The number of rotatable bonds is 2. The van der Waals surface area contributed by atoms with Crippen molar-refractivity contribution in [3.8, 4) is 0 Å². The molecule has 3 rings (SSSR count). The zero-order valence-electron chi connectivity index (χ0n) is 13.2. The Hall–Kier alpha value is -0.330. The fourth-order valence-electron chi connectivity index (χ4n) is 5.86. The minimum Gasteiger partial charge on any atom is -0.299 e. The lowest BCUT2D eigenvalue weighted by Crippen LogP contribution is -2.39. The summed E-state index contributed by atoms with van der Waals surface area (Å²) >= 11 is 0. The Labute approximate surface area is 118 Å². The first-order valence-electron chi connectivity index (χ1n) is 8.43. The lowest BCUT2D eigenvalue weighted by Gasteiger charge is -2.44. The van der Waals surface area contributed by atoms with Gasteiger partial charge < -0.3 is 0 Å². The Morgan fingerprint density at radius 1 is 1.16 bits per heavy atom. The number of carbonyl (C=O) groups excluding carboxylic acids is 1. The number of hydrogen-bond acceptors (Lipinski definition) is 1. The highest BCUT2D eigenvalue weighted by atomic mass is 16.1. The second kappa shape index (κ2) is 4.33. The number of hydrogen-bond donors (Lipinski definition) is 0. The van der Waals surface area contributed by atoms with Crippen LogP contribution < -0.4 is 0 Å². The first-order valence-corrected chi connectivity index (χ1v) is 8.43. The predicted octanol–water partition coefficient (Wildman–Crippen LogP) is 4.84. The van der Waals surface area contributed by atoms with Crippen LogP contribution in [-0.4, -0.2) is 5.78 Å². The first-order chi connectivity index (χ1) is 8.90. The molecule has 0 aromatic carbocycles. The monoisotopic (exact) mass is 262 g/mol. The molecule has 0 N–H and O–H groups in total. The first kappa shape index (κ1) is 13.6. The highest BCUT2D eigenvalue weighted by Gasteiger charge is 2.62. The zero-order valence-corrected chi connectivity index (χ0v) is 13.2. The van der Waals surface area contributed by atoms with Crippen molar-refractivity contribution >= 4 is 5.78 Å². The number of Topliss-reactive ketones (excluding diaryl/α,β-unsaturated/α-hetero) is 1. The molecule has 0 aromatic heterocycles. The van der Waals surface area contributed by atoms with Crippen LogP contribution in [0, 0.1) is 34.5 Å². The second-order valence-corrected chi connectivity index (χ2v) is 8.33. The molecule has 2 bridgehead atoms. The molecule has 3 aliphatic rings. The van der Waals surface area contributed by atoms with Crippen molar-refractivity contribution in [3.05, 3.63) is 0 Å². The standard InChI is InChI=1S/C18H30O/c1-5-12-6-7-13(10-16(12)19)15-11-14-8-9-18(15,4)17(14,2)3/h12-15H,5-11H2,1-4H3/t12?,13?,14-,15+,18+/m1/s1. The summed E-state index contributed by atoms with van der Waals surface area (Å²) in [6.07, 6.45) is 8.65.